The van der Waals surface area contributed by atoms with E-state index < -0.39 is 12.1 Å². The van der Waals surface area contributed by atoms with Crippen molar-refractivity contribution in [2.45, 2.75) is 424 Å². The van der Waals surface area contributed by atoms with Crippen LogP contribution in [0.1, 0.15) is 412 Å². The van der Waals surface area contributed by atoms with Crippen molar-refractivity contribution in [2.24, 2.45) is 0 Å². The van der Waals surface area contributed by atoms with Crippen molar-refractivity contribution in [3.05, 3.63) is 24.3 Å². The number of amides is 1. The molecule has 0 rings (SSSR count). The van der Waals surface area contributed by atoms with Gasteiger partial charge in [0.2, 0.25) is 5.91 Å². The van der Waals surface area contributed by atoms with Crippen LogP contribution in [0.15, 0.2) is 24.3 Å². The van der Waals surface area contributed by atoms with Crippen LogP contribution >= 0.6 is 0 Å². The predicted molar refractivity (Wildman–Crippen MR) is 352 cm³/mol. The molecular formula is C74H143NO5. The number of hydrogen-bond acceptors (Lipinski definition) is 5. The molecule has 0 fully saturated rings. The van der Waals surface area contributed by atoms with Gasteiger partial charge < -0.3 is 20.3 Å². The summed E-state index contributed by atoms with van der Waals surface area (Å²) in [6, 6.07) is -0.621. The predicted octanol–water partition coefficient (Wildman–Crippen LogP) is 23.7. The normalized spacial score (nSPS) is 12.6. The zero-order valence-corrected chi connectivity index (χ0v) is 54.3. The first kappa shape index (κ1) is 78.3. The maximum atomic E-state index is 12.4. The van der Waals surface area contributed by atoms with Crippen LogP contribution in [0.25, 0.3) is 0 Å². The van der Waals surface area contributed by atoms with Gasteiger partial charge in [0.1, 0.15) is 0 Å². The summed E-state index contributed by atoms with van der Waals surface area (Å²) in [6.45, 7) is 4.90. The van der Waals surface area contributed by atoms with E-state index >= 15 is 0 Å². The van der Waals surface area contributed by atoms with Crippen molar-refractivity contribution in [1.29, 1.82) is 0 Å². The molecule has 6 heteroatoms. The molecule has 3 N–H and O–H groups in total. The molecule has 80 heavy (non-hydrogen) atoms. The zero-order chi connectivity index (χ0) is 57.8. The van der Waals surface area contributed by atoms with Gasteiger partial charge in [-0.05, 0) is 57.8 Å². The van der Waals surface area contributed by atoms with E-state index in [0.717, 1.165) is 44.9 Å². The van der Waals surface area contributed by atoms with Crippen molar-refractivity contribution < 1.29 is 24.5 Å². The van der Waals surface area contributed by atoms with E-state index in [1.54, 1.807) is 6.08 Å². The second-order valence-corrected chi connectivity index (χ2v) is 25.3. The van der Waals surface area contributed by atoms with Gasteiger partial charge in [-0.15, -0.1) is 0 Å². The van der Waals surface area contributed by atoms with Crippen LogP contribution < -0.4 is 5.32 Å². The zero-order valence-electron chi connectivity index (χ0n) is 54.3. The van der Waals surface area contributed by atoms with Crippen LogP contribution in [-0.4, -0.2) is 47.4 Å². The van der Waals surface area contributed by atoms with Gasteiger partial charge in [0.25, 0.3) is 0 Å². The Hall–Kier alpha value is -1.66. The molecule has 6 nitrogen and oxygen atoms in total. The summed E-state index contributed by atoms with van der Waals surface area (Å²) < 4.78 is 5.49. The first-order chi connectivity index (χ1) is 39.5. The lowest BCUT2D eigenvalue weighted by Gasteiger charge is -2.20. The number of esters is 1. The Balaban J connectivity index is 3.28. The molecule has 2 unspecified atom stereocenters. The molecule has 0 heterocycles. The smallest absolute Gasteiger partial charge is 0.305 e. The highest BCUT2D eigenvalue weighted by Gasteiger charge is 2.18. The average Bonchev–Trinajstić information content (AvgIpc) is 3.46. The second-order valence-electron chi connectivity index (χ2n) is 25.3. The van der Waals surface area contributed by atoms with Crippen molar-refractivity contribution in [2.75, 3.05) is 13.2 Å². The van der Waals surface area contributed by atoms with Crippen LogP contribution in [0.3, 0.4) is 0 Å². The molecule has 474 valence electrons. The number of carbonyl (C=O) groups is 2. The molecule has 0 bridgehead atoms. The summed E-state index contributed by atoms with van der Waals surface area (Å²) in [4.78, 5) is 24.5. The number of allylic oxidation sites excluding steroid dienone is 3. The standard InChI is InChI=1S/C74H143NO5/c1-3-5-7-9-11-13-15-43-48-52-56-60-64-68-74(79)80-69-65-61-57-53-49-45-42-40-38-36-34-32-30-28-26-24-22-20-18-16-17-19-21-23-25-27-29-31-33-35-37-39-41-44-47-51-55-59-63-67-73(78)75-71(70-76)72(77)66-62-58-54-50-46-14-12-10-8-6-4-2/h13,15,62,66,71-72,76-77H,3-12,14,16-61,63-65,67-70H2,1-2H3,(H,75,78)/b15-13-,66-62+. The maximum Gasteiger partial charge on any atom is 0.305 e. The monoisotopic (exact) mass is 1130 g/mol. The number of nitrogens with one attached hydrogen (secondary N) is 1. The largest absolute Gasteiger partial charge is 0.466 e. The summed E-state index contributed by atoms with van der Waals surface area (Å²) in [6.07, 6.45) is 88.7. The molecule has 0 saturated heterocycles. The fraction of sp³-hybridized carbons (Fsp3) is 0.919. The van der Waals surface area contributed by atoms with Crippen molar-refractivity contribution >= 4 is 11.9 Å². The Bertz CT molecular complexity index is 1250. The van der Waals surface area contributed by atoms with Crippen molar-refractivity contribution in [1.82, 2.24) is 5.32 Å². The Kier molecular flexibility index (Phi) is 68.4. The second kappa shape index (κ2) is 69.8. The quantitative estimate of drug-likeness (QED) is 0.0320. The molecule has 2 atom stereocenters. The van der Waals surface area contributed by atoms with Gasteiger partial charge in [0.05, 0.1) is 25.4 Å². The summed E-state index contributed by atoms with van der Waals surface area (Å²) in [5.41, 5.74) is 0. The van der Waals surface area contributed by atoms with E-state index in [1.165, 1.54) is 340 Å². The molecule has 0 aliphatic carbocycles. The Morgan fingerprint density at radius 1 is 0.338 bits per heavy atom. The Morgan fingerprint density at radius 3 is 0.900 bits per heavy atom. The Morgan fingerprint density at radius 2 is 0.588 bits per heavy atom. The van der Waals surface area contributed by atoms with Gasteiger partial charge in [-0.25, -0.2) is 0 Å². The van der Waals surface area contributed by atoms with E-state index in [4.69, 9.17) is 4.74 Å². The molecule has 0 aromatic rings. The van der Waals surface area contributed by atoms with Crippen molar-refractivity contribution in [3.63, 3.8) is 0 Å². The summed E-state index contributed by atoms with van der Waals surface area (Å²) in [5, 5.41) is 23.1. The number of rotatable bonds is 69. The minimum atomic E-state index is -0.838. The van der Waals surface area contributed by atoms with E-state index in [2.05, 4.69) is 31.3 Å². The minimum absolute atomic E-state index is 0.0150. The molecule has 0 saturated carbocycles. The number of hydrogen-bond donors (Lipinski definition) is 3. The topological polar surface area (TPSA) is 95.9 Å². The Labute approximate surface area is 501 Å². The lowest BCUT2D eigenvalue weighted by atomic mass is 10.0. The molecule has 0 aliphatic heterocycles. The van der Waals surface area contributed by atoms with Gasteiger partial charge in [0.15, 0.2) is 0 Å². The van der Waals surface area contributed by atoms with Gasteiger partial charge in [-0.1, -0.05) is 366 Å². The maximum absolute atomic E-state index is 12.4. The van der Waals surface area contributed by atoms with Gasteiger partial charge in [0, 0.05) is 12.8 Å². The van der Waals surface area contributed by atoms with E-state index in [0.29, 0.717) is 19.4 Å². The van der Waals surface area contributed by atoms with E-state index in [-0.39, 0.29) is 18.5 Å². The van der Waals surface area contributed by atoms with Crippen LogP contribution in [0.4, 0.5) is 0 Å². The molecule has 0 radical (unpaired) electrons. The van der Waals surface area contributed by atoms with Crippen LogP contribution in [0, 0.1) is 0 Å². The number of unbranched alkanes of at least 4 members (excludes halogenated alkanes) is 56. The fourth-order valence-electron chi connectivity index (χ4n) is 11.6. The van der Waals surface area contributed by atoms with E-state index in [1.807, 2.05) is 6.08 Å². The van der Waals surface area contributed by atoms with Crippen LogP contribution in [-0.2, 0) is 14.3 Å². The first-order valence-corrected chi connectivity index (χ1v) is 36.6. The molecule has 0 spiro atoms. The third-order valence-electron chi connectivity index (χ3n) is 17.2. The number of aliphatic hydroxyl groups excluding tert-OH is 2. The van der Waals surface area contributed by atoms with E-state index in [9.17, 15) is 19.8 Å². The summed E-state index contributed by atoms with van der Waals surface area (Å²) in [5.74, 6) is -0.0462. The number of aliphatic hydroxyl groups is 2. The number of ether oxygens (including phenoxy) is 1. The molecule has 0 aromatic heterocycles. The highest BCUT2D eigenvalue weighted by Crippen LogP contribution is 2.19. The SMILES string of the molecule is CCCCCC/C=C\CCCCCCCC(=O)OCCCCCCCCCCCCCCCCCCCCCCCCCCCCCCCCCCCCCCCCCC(=O)NC(CO)C(O)/C=C/CCCCCCCCCCC. The lowest BCUT2D eigenvalue weighted by molar-refractivity contribution is -0.143. The summed E-state index contributed by atoms with van der Waals surface area (Å²) >= 11 is 0. The highest BCUT2D eigenvalue weighted by atomic mass is 16.5. The van der Waals surface area contributed by atoms with Gasteiger partial charge >= 0.3 is 5.97 Å². The fourth-order valence-corrected chi connectivity index (χ4v) is 11.6. The van der Waals surface area contributed by atoms with Gasteiger partial charge in [-0.2, -0.15) is 0 Å². The third kappa shape index (κ3) is 65.5. The molecule has 1 amide bonds. The minimum Gasteiger partial charge on any atom is -0.466 e. The molecule has 0 aliphatic rings. The molecule has 0 aromatic carbocycles. The summed E-state index contributed by atoms with van der Waals surface area (Å²) in [7, 11) is 0. The van der Waals surface area contributed by atoms with Crippen molar-refractivity contribution in [3.8, 4) is 0 Å². The van der Waals surface area contributed by atoms with Crippen LogP contribution in [0.2, 0.25) is 0 Å². The van der Waals surface area contributed by atoms with Gasteiger partial charge in [-0.3, -0.25) is 9.59 Å². The first-order valence-electron chi connectivity index (χ1n) is 36.6. The highest BCUT2D eigenvalue weighted by molar-refractivity contribution is 5.76. The van der Waals surface area contributed by atoms with Crippen LogP contribution in [0.5, 0.6) is 0 Å². The lowest BCUT2D eigenvalue weighted by Crippen LogP contribution is -2.45. The third-order valence-corrected chi connectivity index (χ3v) is 17.2. The number of carbonyl (C=O) groups excluding carboxylic acids is 2. The molecular weight excluding hydrogens is 983 g/mol. The average molecular weight is 1130 g/mol.